The number of carbonyl (C=O) groups is 5. The Hall–Kier alpha value is -3.49. The van der Waals surface area contributed by atoms with Crippen LogP contribution in [0.4, 0.5) is 0 Å². The summed E-state index contributed by atoms with van der Waals surface area (Å²) in [6.45, 7) is 12.9. The number of piperidine rings is 1. The van der Waals surface area contributed by atoms with Crippen molar-refractivity contribution in [3.63, 3.8) is 0 Å². The van der Waals surface area contributed by atoms with E-state index in [9.17, 15) is 44.4 Å². The number of fused-ring (bicyclic) bond motifs is 4. The molecule has 4 N–H and O–H groups in total. The first-order valence-electron chi connectivity index (χ1n) is 26.9. The topological polar surface area (TPSA) is 234 Å². The Balaban J connectivity index is 1.31. The van der Waals surface area contributed by atoms with E-state index < -0.39 is 108 Å². The number of hydrogen-bond donors (Lipinski definition) is 4. The molecule has 0 aromatic rings. The number of carbonyl (C=O) groups excluding carboxylic acids is 5. The van der Waals surface area contributed by atoms with E-state index in [1.807, 2.05) is 51.2 Å². The van der Waals surface area contributed by atoms with Gasteiger partial charge in [0.25, 0.3) is 11.7 Å². The molecule has 4 saturated heterocycles. The van der Waals surface area contributed by atoms with E-state index in [0.29, 0.717) is 63.4 Å². The molecule has 6 aliphatic rings. The number of rotatable bonds is 7. The molecule has 0 spiro atoms. The molecular formula is C56H85NO16. The van der Waals surface area contributed by atoms with Crippen LogP contribution >= 0.6 is 0 Å². The van der Waals surface area contributed by atoms with Crippen molar-refractivity contribution in [2.75, 3.05) is 34.0 Å². The van der Waals surface area contributed by atoms with Crippen LogP contribution in [0.3, 0.4) is 0 Å². The number of hydrogen-bond acceptors (Lipinski definition) is 16. The molecular weight excluding hydrogens is 943 g/mol. The molecule has 1 amide bonds. The number of ketones is 3. The monoisotopic (exact) mass is 1030 g/mol. The molecule has 17 nitrogen and oxygen atoms in total. The summed E-state index contributed by atoms with van der Waals surface area (Å²) in [6.07, 6.45) is 7.79. The minimum absolute atomic E-state index is 0.0303. The minimum Gasteiger partial charge on any atom is -0.460 e. The lowest BCUT2D eigenvalue weighted by Gasteiger charge is -2.43. The quantitative estimate of drug-likeness (QED) is 0.148. The van der Waals surface area contributed by atoms with E-state index >= 15 is 0 Å². The van der Waals surface area contributed by atoms with Crippen LogP contribution in [0.15, 0.2) is 47.6 Å². The Kier molecular flexibility index (Phi) is 21.3. The lowest BCUT2D eigenvalue weighted by molar-refractivity contribution is -0.266. The maximum absolute atomic E-state index is 14.5. The van der Waals surface area contributed by atoms with Crippen molar-refractivity contribution >= 4 is 29.2 Å². The molecule has 5 heterocycles. The van der Waals surface area contributed by atoms with Crippen LogP contribution < -0.4 is 0 Å². The van der Waals surface area contributed by atoms with Crippen molar-refractivity contribution < 1.29 is 77.6 Å². The summed E-state index contributed by atoms with van der Waals surface area (Å²) in [5.74, 6) is -8.41. The molecule has 5 aliphatic heterocycles. The second-order valence-corrected chi connectivity index (χ2v) is 22.2. The molecule has 0 aromatic carbocycles. The summed E-state index contributed by atoms with van der Waals surface area (Å²) in [5.41, 5.74) is 1.16. The van der Waals surface area contributed by atoms with E-state index in [2.05, 4.69) is 0 Å². The Bertz CT molecular complexity index is 2040. The minimum atomic E-state index is -2.52. The van der Waals surface area contributed by atoms with Gasteiger partial charge in [0, 0.05) is 51.4 Å². The molecule has 5 fully saturated rings. The fraction of sp³-hybridized carbons (Fsp3) is 0.768. The van der Waals surface area contributed by atoms with Gasteiger partial charge >= 0.3 is 5.97 Å². The number of methoxy groups -OCH3 is 2. The number of aliphatic hydroxyl groups is 4. The summed E-state index contributed by atoms with van der Waals surface area (Å²) in [4.78, 5) is 72.7. The van der Waals surface area contributed by atoms with Gasteiger partial charge in [0.1, 0.15) is 54.6 Å². The van der Waals surface area contributed by atoms with Gasteiger partial charge in [0.15, 0.2) is 5.78 Å². The third kappa shape index (κ3) is 14.5. The maximum atomic E-state index is 14.5. The molecule has 1 aliphatic carbocycles. The molecule has 1 saturated carbocycles. The van der Waals surface area contributed by atoms with Crippen LogP contribution in [0.25, 0.3) is 0 Å². The summed E-state index contributed by atoms with van der Waals surface area (Å²) < 4.78 is 42.2. The van der Waals surface area contributed by atoms with Crippen molar-refractivity contribution in [3.05, 3.63) is 47.6 Å². The molecule has 1 unspecified atom stereocenters. The zero-order valence-corrected chi connectivity index (χ0v) is 44.6. The van der Waals surface area contributed by atoms with Gasteiger partial charge in [0.2, 0.25) is 5.79 Å². The van der Waals surface area contributed by atoms with E-state index in [-0.39, 0.29) is 74.4 Å². The highest BCUT2D eigenvalue weighted by molar-refractivity contribution is 6.39. The standard InChI is InChI=1S/C56H85NO16/c1-31-15-11-10-12-16-32(2)44(71-47-30-70-50-43(60)29-69-51(47)50)27-39-20-18-37(7)56(66,73-39)53(63)54(64)57-22-14-13-17-40(57)55(65)72-45(34(4)25-38-19-21-41(58)46(26-38)67-8)28-42(59)33(3)24-36(6)49(62)52(68-9)48(61)35(5)23-31/h10-12,15-16,24,31,33-35,37-41,43-47,49-52,58,60,62,66H,13-14,17-23,25-30H2,1-9H3/b12-10+,15-11+,32-16+,36-24+/t31-,33-,34-,35-,37-,38+,39+,40+,41-,43-,44-,45+,46-,47?,49-,50-,51-,52+,56-/m1/s1. The Morgan fingerprint density at radius 2 is 1.55 bits per heavy atom. The van der Waals surface area contributed by atoms with Crippen LogP contribution in [-0.2, 0) is 57.1 Å². The zero-order valence-electron chi connectivity index (χ0n) is 44.6. The highest BCUT2D eigenvalue weighted by atomic mass is 16.6. The fourth-order valence-electron chi connectivity index (χ4n) is 11.8. The number of cyclic esters (lactones) is 1. The van der Waals surface area contributed by atoms with Gasteiger partial charge < -0.3 is 58.5 Å². The van der Waals surface area contributed by atoms with E-state index in [0.717, 1.165) is 5.57 Å². The second kappa shape index (κ2) is 26.5. The molecule has 17 heteroatoms. The van der Waals surface area contributed by atoms with E-state index in [1.165, 1.54) is 12.0 Å². The molecule has 6 rings (SSSR count). The lowest BCUT2D eigenvalue weighted by Crippen LogP contribution is -2.61. The van der Waals surface area contributed by atoms with E-state index in [4.69, 9.17) is 33.2 Å². The van der Waals surface area contributed by atoms with Crippen LogP contribution in [0, 0.1) is 35.5 Å². The number of esters is 1. The summed E-state index contributed by atoms with van der Waals surface area (Å²) >= 11 is 0. The molecule has 73 heavy (non-hydrogen) atoms. The van der Waals surface area contributed by atoms with Crippen molar-refractivity contribution in [3.8, 4) is 0 Å². The fourth-order valence-corrected chi connectivity index (χ4v) is 11.8. The lowest BCUT2D eigenvalue weighted by atomic mass is 9.78. The van der Waals surface area contributed by atoms with Crippen LogP contribution in [0.5, 0.6) is 0 Å². The van der Waals surface area contributed by atoms with Crippen molar-refractivity contribution in [1.29, 1.82) is 0 Å². The highest BCUT2D eigenvalue weighted by Crippen LogP contribution is 2.39. The Morgan fingerprint density at radius 3 is 2.27 bits per heavy atom. The SMILES string of the molecule is CO[C@@H]1C[C@H](C[C@@H](C)[C@@H]2CC(=O)[C@H](C)/C=C(\C)[C@@H](O)[C@@H](OC)C(=O)[C@H](C)C[C@H](C)/C=C/C=C/C=C(\C)[C@H](OC3CO[C@@H]4[C@H](O)CO[C@H]34)C[C@@H]3CC[C@@H](C)[C@@](O)(O3)C(=O)C(=O)N3CCCC[C@H]3C(=O)O2)CC[C@H]1O. The second-order valence-electron chi connectivity index (χ2n) is 22.2. The predicted molar refractivity (Wildman–Crippen MR) is 268 cm³/mol. The third-order valence-corrected chi connectivity index (χ3v) is 16.5. The normalized spacial score (nSPS) is 43.2. The number of ether oxygens (including phenoxy) is 7. The first-order chi connectivity index (χ1) is 34.7. The third-order valence-electron chi connectivity index (χ3n) is 16.5. The van der Waals surface area contributed by atoms with Gasteiger partial charge in [0.05, 0.1) is 37.6 Å². The predicted octanol–water partition coefficient (Wildman–Crippen LogP) is 5.08. The first kappa shape index (κ1) is 58.8. The van der Waals surface area contributed by atoms with Gasteiger partial charge in [-0.15, -0.1) is 0 Å². The van der Waals surface area contributed by atoms with Crippen LogP contribution in [0.2, 0.25) is 0 Å². The van der Waals surface area contributed by atoms with Crippen LogP contribution in [0.1, 0.15) is 126 Å². The Labute approximate surface area is 432 Å². The molecule has 410 valence electrons. The van der Waals surface area contributed by atoms with Gasteiger partial charge in [-0.05, 0) is 107 Å². The summed E-state index contributed by atoms with van der Waals surface area (Å²) in [7, 11) is 2.93. The highest BCUT2D eigenvalue weighted by Gasteiger charge is 2.54. The summed E-state index contributed by atoms with van der Waals surface area (Å²) in [6, 6.07) is -1.18. The number of amides is 1. The molecule has 0 aromatic heterocycles. The molecule has 2 bridgehead atoms. The van der Waals surface area contributed by atoms with Gasteiger partial charge in [-0.1, -0.05) is 71.1 Å². The number of nitrogens with zero attached hydrogens (tertiary/aromatic N) is 1. The van der Waals surface area contributed by atoms with Crippen molar-refractivity contribution in [2.24, 2.45) is 35.5 Å². The average molecular weight is 1030 g/mol. The van der Waals surface area contributed by atoms with Crippen molar-refractivity contribution in [1.82, 2.24) is 4.90 Å². The molecule has 0 radical (unpaired) electrons. The summed E-state index contributed by atoms with van der Waals surface area (Å²) in [5, 5.41) is 44.7. The smallest absolute Gasteiger partial charge is 0.329 e. The number of Topliss-reactive ketones (excluding diaryl/α,β-unsaturated/α-hetero) is 3. The van der Waals surface area contributed by atoms with E-state index in [1.54, 1.807) is 40.9 Å². The maximum Gasteiger partial charge on any atom is 0.329 e. The van der Waals surface area contributed by atoms with Crippen molar-refractivity contribution in [2.45, 2.75) is 204 Å². The van der Waals surface area contributed by atoms with Gasteiger partial charge in [-0.3, -0.25) is 19.2 Å². The Morgan fingerprint density at radius 1 is 0.808 bits per heavy atom. The first-order valence-corrected chi connectivity index (χ1v) is 26.9. The number of aliphatic hydroxyl groups excluding tert-OH is 3. The van der Waals surface area contributed by atoms with Gasteiger partial charge in [-0.2, -0.15) is 0 Å². The van der Waals surface area contributed by atoms with Gasteiger partial charge in [-0.25, -0.2) is 4.79 Å². The van der Waals surface area contributed by atoms with Crippen LogP contribution in [-0.4, -0.2) is 168 Å². The number of allylic oxidation sites excluding steroid dienone is 6. The average Bonchev–Trinajstić information content (AvgIpc) is 3.95. The largest absolute Gasteiger partial charge is 0.460 e. The zero-order chi connectivity index (χ0) is 53.3. The molecule has 19 atom stereocenters.